The number of nitrogens with one attached hydrogen (secondary N) is 1. The highest BCUT2D eigenvalue weighted by atomic mass is 15.2. The van der Waals surface area contributed by atoms with Crippen molar-refractivity contribution in [2.75, 3.05) is 13.1 Å². The van der Waals surface area contributed by atoms with Crippen LogP contribution in [0.15, 0.2) is 61.2 Å². The van der Waals surface area contributed by atoms with E-state index in [9.17, 15) is 5.26 Å². The van der Waals surface area contributed by atoms with Crippen LogP contribution in [0, 0.1) is 17.2 Å². The van der Waals surface area contributed by atoms with E-state index in [4.69, 9.17) is 9.97 Å². The number of imidazole rings is 1. The summed E-state index contributed by atoms with van der Waals surface area (Å²) in [7, 11) is 1.95. The van der Waals surface area contributed by atoms with Crippen molar-refractivity contribution in [2.45, 2.75) is 13.0 Å². The predicted molar refractivity (Wildman–Crippen MR) is 128 cm³/mol. The second kappa shape index (κ2) is 7.84. The van der Waals surface area contributed by atoms with Gasteiger partial charge in [-0.25, -0.2) is 4.98 Å². The summed E-state index contributed by atoms with van der Waals surface area (Å²) >= 11 is 0. The van der Waals surface area contributed by atoms with Crippen LogP contribution >= 0.6 is 0 Å². The zero-order valence-corrected chi connectivity index (χ0v) is 18.4. The molecule has 2 aromatic carbocycles. The van der Waals surface area contributed by atoms with Gasteiger partial charge in [0.15, 0.2) is 0 Å². The average molecular weight is 434 g/mol. The molecule has 0 spiro atoms. The van der Waals surface area contributed by atoms with Crippen LogP contribution in [-0.4, -0.2) is 37.4 Å². The highest BCUT2D eigenvalue weighted by Crippen LogP contribution is 2.37. The Labute approximate surface area is 191 Å². The summed E-state index contributed by atoms with van der Waals surface area (Å²) in [4.78, 5) is 9.80. The molecular formula is C26H23N7. The third-order valence-corrected chi connectivity index (χ3v) is 6.61. The number of benzene rings is 2. The van der Waals surface area contributed by atoms with Crippen LogP contribution in [0.25, 0.3) is 44.3 Å². The van der Waals surface area contributed by atoms with E-state index in [0.29, 0.717) is 11.5 Å². The molecule has 33 heavy (non-hydrogen) atoms. The summed E-state index contributed by atoms with van der Waals surface area (Å²) in [5, 5.41) is 18.1. The first-order chi connectivity index (χ1) is 16.2. The van der Waals surface area contributed by atoms with Gasteiger partial charge in [0.05, 0.1) is 47.1 Å². The molecule has 1 N–H and O–H groups in total. The first kappa shape index (κ1) is 19.6. The molecule has 6 rings (SSSR count). The Bertz CT molecular complexity index is 1510. The van der Waals surface area contributed by atoms with Gasteiger partial charge in [-0.3, -0.25) is 9.67 Å². The van der Waals surface area contributed by atoms with Crippen LogP contribution < -0.4 is 5.32 Å². The molecule has 4 heterocycles. The Balaban J connectivity index is 1.54. The highest BCUT2D eigenvalue weighted by molar-refractivity contribution is 6.00. The number of rotatable bonds is 4. The molecule has 5 aromatic rings. The minimum atomic E-state index is 0.605. The number of aryl methyl sites for hydroxylation is 1. The molecular weight excluding hydrogens is 410 g/mol. The number of fused-ring (bicyclic) bond motifs is 2. The third kappa shape index (κ3) is 3.36. The van der Waals surface area contributed by atoms with E-state index in [1.807, 2.05) is 54.7 Å². The molecule has 1 fully saturated rings. The van der Waals surface area contributed by atoms with E-state index in [0.717, 1.165) is 64.0 Å². The Kier molecular flexibility index (Phi) is 4.67. The quantitative estimate of drug-likeness (QED) is 0.461. The maximum atomic E-state index is 9.25. The first-order valence-electron chi connectivity index (χ1n) is 11.2. The fourth-order valence-corrected chi connectivity index (χ4v) is 4.83. The van der Waals surface area contributed by atoms with Crippen molar-refractivity contribution in [3.8, 4) is 28.5 Å². The van der Waals surface area contributed by atoms with Crippen LogP contribution in [0.5, 0.6) is 0 Å². The summed E-state index contributed by atoms with van der Waals surface area (Å²) < 4.78 is 4.10. The zero-order chi connectivity index (χ0) is 22.4. The molecule has 0 bridgehead atoms. The van der Waals surface area contributed by atoms with E-state index in [2.05, 4.69) is 39.3 Å². The van der Waals surface area contributed by atoms with Gasteiger partial charge >= 0.3 is 0 Å². The summed E-state index contributed by atoms with van der Waals surface area (Å²) in [6.45, 7) is 3.05. The molecule has 1 saturated heterocycles. The second-order valence-electron chi connectivity index (χ2n) is 8.70. The van der Waals surface area contributed by atoms with Crippen LogP contribution in [0.3, 0.4) is 0 Å². The van der Waals surface area contributed by atoms with E-state index in [-0.39, 0.29) is 0 Å². The molecule has 0 radical (unpaired) electrons. The number of pyridine rings is 1. The maximum absolute atomic E-state index is 9.25. The van der Waals surface area contributed by atoms with Crippen LogP contribution in [0.4, 0.5) is 0 Å². The van der Waals surface area contributed by atoms with E-state index >= 15 is 0 Å². The topological polar surface area (TPSA) is 84.3 Å². The summed E-state index contributed by atoms with van der Waals surface area (Å²) in [6.07, 6.45) is 6.94. The standard InChI is InChI=1S/C26H23N7/c1-32-22-7-6-20(10-21(22)13-31-32)25-24(19-4-2-17(11-27)3-5-19)26-23(14-29-25)33(16-30-26)15-18-8-9-28-12-18/h2-7,10,13-14,16,18,28H,8-9,12,15H2,1H3/t18-/m0/s1. The minimum Gasteiger partial charge on any atom is -0.329 e. The molecule has 1 atom stereocenters. The molecule has 0 unspecified atom stereocenters. The fraction of sp³-hybridized carbons (Fsp3) is 0.231. The number of hydrogen-bond acceptors (Lipinski definition) is 5. The van der Waals surface area contributed by atoms with Gasteiger partial charge in [0.2, 0.25) is 0 Å². The van der Waals surface area contributed by atoms with Crippen LogP contribution in [-0.2, 0) is 13.6 Å². The lowest BCUT2D eigenvalue weighted by Crippen LogP contribution is -2.14. The fourth-order valence-electron chi connectivity index (χ4n) is 4.83. The van der Waals surface area contributed by atoms with Crippen molar-refractivity contribution >= 4 is 21.9 Å². The van der Waals surface area contributed by atoms with Crippen LogP contribution in [0.1, 0.15) is 12.0 Å². The van der Waals surface area contributed by atoms with Gasteiger partial charge in [-0.1, -0.05) is 18.2 Å². The van der Waals surface area contributed by atoms with Gasteiger partial charge in [0, 0.05) is 30.1 Å². The molecule has 162 valence electrons. The average Bonchev–Trinajstić information content (AvgIpc) is 3.60. The van der Waals surface area contributed by atoms with Crippen LogP contribution in [0.2, 0.25) is 0 Å². The van der Waals surface area contributed by atoms with Gasteiger partial charge in [-0.2, -0.15) is 10.4 Å². The highest BCUT2D eigenvalue weighted by Gasteiger charge is 2.20. The molecule has 0 aliphatic carbocycles. The van der Waals surface area contributed by atoms with Gasteiger partial charge in [0.25, 0.3) is 0 Å². The lowest BCUT2D eigenvalue weighted by Gasteiger charge is -2.13. The van der Waals surface area contributed by atoms with E-state index in [1.54, 1.807) is 0 Å². The predicted octanol–water partition coefficient (Wildman–Crippen LogP) is 4.13. The third-order valence-electron chi connectivity index (χ3n) is 6.61. The molecule has 3 aromatic heterocycles. The lowest BCUT2D eigenvalue weighted by atomic mass is 9.96. The van der Waals surface area contributed by atoms with Crippen molar-refractivity contribution in [2.24, 2.45) is 13.0 Å². The molecule has 7 nitrogen and oxygen atoms in total. The summed E-state index contributed by atoms with van der Waals surface area (Å²) in [5.41, 5.74) is 7.57. The Morgan fingerprint density at radius 1 is 1.06 bits per heavy atom. The summed E-state index contributed by atoms with van der Waals surface area (Å²) in [5.74, 6) is 0.605. The lowest BCUT2D eigenvalue weighted by molar-refractivity contribution is 0.489. The SMILES string of the molecule is Cn1ncc2cc(-c3ncc4c(ncn4C[C@H]4CCNC4)c3-c3ccc(C#N)cc3)ccc21. The Hall–Kier alpha value is -4.02. The van der Waals surface area contributed by atoms with Crippen molar-refractivity contribution in [1.82, 2.24) is 29.6 Å². The minimum absolute atomic E-state index is 0.605. The van der Waals surface area contributed by atoms with Crippen molar-refractivity contribution in [3.05, 3.63) is 66.7 Å². The summed E-state index contributed by atoms with van der Waals surface area (Å²) in [6, 6.07) is 16.2. The number of nitrogens with zero attached hydrogens (tertiary/aromatic N) is 6. The normalized spacial score (nSPS) is 15.9. The number of hydrogen-bond donors (Lipinski definition) is 1. The first-order valence-corrected chi connectivity index (χ1v) is 11.2. The van der Waals surface area contributed by atoms with Gasteiger partial charge in [0.1, 0.15) is 5.52 Å². The zero-order valence-electron chi connectivity index (χ0n) is 18.4. The van der Waals surface area contributed by atoms with Gasteiger partial charge < -0.3 is 9.88 Å². The Morgan fingerprint density at radius 3 is 2.70 bits per heavy atom. The number of nitriles is 1. The Morgan fingerprint density at radius 2 is 1.91 bits per heavy atom. The number of aromatic nitrogens is 5. The van der Waals surface area contributed by atoms with Gasteiger partial charge in [-0.05, 0) is 55.3 Å². The molecule has 7 heteroatoms. The largest absolute Gasteiger partial charge is 0.329 e. The van der Waals surface area contributed by atoms with Crippen molar-refractivity contribution in [3.63, 3.8) is 0 Å². The smallest absolute Gasteiger partial charge is 0.100 e. The van der Waals surface area contributed by atoms with Crippen molar-refractivity contribution < 1.29 is 0 Å². The maximum Gasteiger partial charge on any atom is 0.100 e. The van der Waals surface area contributed by atoms with Crippen molar-refractivity contribution in [1.29, 1.82) is 5.26 Å². The van der Waals surface area contributed by atoms with E-state index < -0.39 is 0 Å². The van der Waals surface area contributed by atoms with Gasteiger partial charge in [-0.15, -0.1) is 0 Å². The molecule has 0 saturated carbocycles. The second-order valence-corrected chi connectivity index (χ2v) is 8.70. The molecule has 1 aliphatic rings. The molecule has 0 amide bonds. The van der Waals surface area contributed by atoms with E-state index in [1.165, 1.54) is 6.42 Å². The molecule has 1 aliphatic heterocycles. The monoisotopic (exact) mass is 433 g/mol.